The van der Waals surface area contributed by atoms with Crippen LogP contribution in [0.5, 0.6) is 0 Å². The Balaban J connectivity index is 1.78. The average molecular weight is 442 g/mol. The molecule has 1 aliphatic rings. The van der Waals surface area contributed by atoms with Gasteiger partial charge in [0.1, 0.15) is 0 Å². The molecule has 29 heavy (non-hydrogen) atoms. The SMILES string of the molecule is Cc1ccc(C(C)(C)N2CC[C@@](CCc3ccc(F)s3)(CNS(=O)(=O)O)C2)cn1. The second-order valence-corrected chi connectivity index (χ2v) is 10.8. The van der Waals surface area contributed by atoms with Gasteiger partial charge in [-0.15, -0.1) is 11.3 Å². The number of thiophene rings is 1. The van der Waals surface area contributed by atoms with Gasteiger partial charge in [0.2, 0.25) is 0 Å². The predicted octanol–water partition coefficient (Wildman–Crippen LogP) is 3.54. The Kier molecular flexibility index (Phi) is 6.45. The van der Waals surface area contributed by atoms with Gasteiger partial charge < -0.3 is 0 Å². The fourth-order valence-corrected chi connectivity index (χ4v) is 5.20. The minimum Gasteiger partial charge on any atom is -0.293 e. The van der Waals surface area contributed by atoms with Gasteiger partial charge >= 0.3 is 10.3 Å². The second kappa shape index (κ2) is 8.39. The maximum atomic E-state index is 13.3. The smallest absolute Gasteiger partial charge is 0.293 e. The molecule has 2 aromatic heterocycles. The van der Waals surface area contributed by atoms with Crippen LogP contribution in [0.1, 0.15) is 42.8 Å². The van der Waals surface area contributed by atoms with E-state index in [0.717, 1.165) is 40.4 Å². The Bertz CT molecular complexity index is 944. The number of aromatic nitrogens is 1. The summed E-state index contributed by atoms with van der Waals surface area (Å²) in [5.74, 6) is 0. The van der Waals surface area contributed by atoms with Crippen LogP contribution < -0.4 is 4.72 Å². The monoisotopic (exact) mass is 441 g/mol. The number of likely N-dealkylation sites (tertiary alicyclic amines) is 1. The van der Waals surface area contributed by atoms with E-state index in [0.29, 0.717) is 19.4 Å². The molecular formula is C20H28FN3O3S2. The molecule has 6 nitrogen and oxygen atoms in total. The molecule has 9 heteroatoms. The van der Waals surface area contributed by atoms with Crippen molar-refractivity contribution in [3.63, 3.8) is 0 Å². The Morgan fingerprint density at radius 3 is 2.69 bits per heavy atom. The third kappa shape index (κ3) is 5.61. The van der Waals surface area contributed by atoms with E-state index < -0.39 is 10.3 Å². The number of rotatable bonds is 8. The van der Waals surface area contributed by atoms with Crippen molar-refractivity contribution in [3.8, 4) is 0 Å². The van der Waals surface area contributed by atoms with Crippen LogP contribution in [-0.2, 0) is 22.3 Å². The zero-order chi connectivity index (χ0) is 21.3. The van der Waals surface area contributed by atoms with Crippen LogP contribution in [-0.4, -0.2) is 42.5 Å². The molecule has 3 rings (SSSR count). The van der Waals surface area contributed by atoms with Crippen molar-refractivity contribution in [2.45, 2.75) is 45.6 Å². The normalized spacial score (nSPS) is 21.0. The molecule has 2 aromatic rings. The van der Waals surface area contributed by atoms with E-state index in [9.17, 15) is 17.4 Å². The largest absolute Gasteiger partial charge is 0.333 e. The molecule has 1 atom stereocenters. The lowest BCUT2D eigenvalue weighted by Gasteiger charge is -2.38. The summed E-state index contributed by atoms with van der Waals surface area (Å²) in [6.07, 6.45) is 4.04. The Morgan fingerprint density at radius 2 is 2.10 bits per heavy atom. The first-order chi connectivity index (χ1) is 13.5. The quantitative estimate of drug-likeness (QED) is 0.612. The van der Waals surface area contributed by atoms with Gasteiger partial charge in [-0.1, -0.05) is 6.07 Å². The van der Waals surface area contributed by atoms with Crippen LogP contribution in [0.15, 0.2) is 30.5 Å². The number of pyridine rings is 1. The third-order valence-corrected chi connectivity index (χ3v) is 7.45. The van der Waals surface area contributed by atoms with Crippen LogP contribution in [0.2, 0.25) is 0 Å². The number of nitrogens with zero attached hydrogens (tertiary/aromatic N) is 2. The van der Waals surface area contributed by atoms with Crippen molar-refractivity contribution in [2.24, 2.45) is 5.41 Å². The van der Waals surface area contributed by atoms with E-state index in [1.54, 1.807) is 6.07 Å². The fraction of sp³-hybridized carbons (Fsp3) is 0.550. The van der Waals surface area contributed by atoms with Crippen molar-refractivity contribution in [3.05, 3.63) is 51.7 Å². The van der Waals surface area contributed by atoms with Crippen LogP contribution in [0.3, 0.4) is 0 Å². The molecule has 3 heterocycles. The van der Waals surface area contributed by atoms with Gasteiger partial charge in [0.05, 0.1) is 0 Å². The van der Waals surface area contributed by atoms with E-state index >= 15 is 0 Å². The molecule has 0 spiro atoms. The molecule has 0 saturated carbocycles. The molecule has 0 aliphatic carbocycles. The van der Waals surface area contributed by atoms with E-state index in [2.05, 4.69) is 34.5 Å². The number of halogens is 1. The minimum atomic E-state index is -4.27. The van der Waals surface area contributed by atoms with Gasteiger partial charge in [-0.05, 0) is 75.8 Å². The lowest BCUT2D eigenvalue weighted by molar-refractivity contribution is 0.128. The highest BCUT2D eigenvalue weighted by Crippen LogP contribution is 2.41. The summed E-state index contributed by atoms with van der Waals surface area (Å²) in [4.78, 5) is 7.69. The summed E-state index contributed by atoms with van der Waals surface area (Å²) in [5, 5.41) is -0.217. The van der Waals surface area contributed by atoms with Crippen LogP contribution >= 0.6 is 11.3 Å². The number of nitrogens with one attached hydrogen (secondary N) is 1. The van der Waals surface area contributed by atoms with Gasteiger partial charge in [-0.2, -0.15) is 17.5 Å². The summed E-state index contributed by atoms with van der Waals surface area (Å²) in [6.45, 7) is 7.85. The van der Waals surface area contributed by atoms with Crippen molar-refractivity contribution < 1.29 is 17.4 Å². The Morgan fingerprint density at radius 1 is 1.34 bits per heavy atom. The molecule has 1 aliphatic heterocycles. The van der Waals surface area contributed by atoms with Crippen molar-refractivity contribution >= 4 is 21.6 Å². The highest BCUT2D eigenvalue weighted by molar-refractivity contribution is 7.83. The molecule has 0 unspecified atom stereocenters. The van der Waals surface area contributed by atoms with Gasteiger partial charge in [-0.25, -0.2) is 0 Å². The zero-order valence-electron chi connectivity index (χ0n) is 17.0. The number of hydrogen-bond donors (Lipinski definition) is 2. The topological polar surface area (TPSA) is 82.5 Å². The first-order valence-corrected chi connectivity index (χ1v) is 11.9. The molecule has 0 amide bonds. The summed E-state index contributed by atoms with van der Waals surface area (Å²) >= 11 is 1.12. The van der Waals surface area contributed by atoms with Crippen LogP contribution in [0.4, 0.5) is 4.39 Å². The molecule has 0 radical (unpaired) electrons. The van der Waals surface area contributed by atoms with Gasteiger partial charge in [-0.3, -0.25) is 14.4 Å². The minimum absolute atomic E-state index is 0.151. The maximum Gasteiger partial charge on any atom is 0.333 e. The standard InChI is InChI=1S/C20H28FN3O3S2/c1-15-4-5-16(12-22-15)19(2,3)24-11-10-20(14-24,13-23-29(25,26)27)9-8-17-6-7-18(21)28-17/h4-7,12,23H,8-11,13-14H2,1-3H3,(H,25,26,27)/t20-/m0/s1. The summed E-state index contributed by atoms with van der Waals surface area (Å²) in [5.41, 5.74) is 1.45. The van der Waals surface area contributed by atoms with E-state index in [1.807, 2.05) is 19.2 Å². The van der Waals surface area contributed by atoms with E-state index in [1.165, 1.54) is 6.07 Å². The third-order valence-electron chi connectivity index (χ3n) is 6.01. The number of hydrogen-bond acceptors (Lipinski definition) is 5. The Hall–Kier alpha value is -1.39. The average Bonchev–Trinajstić information content (AvgIpc) is 3.26. The predicted molar refractivity (Wildman–Crippen MR) is 113 cm³/mol. The molecule has 2 N–H and O–H groups in total. The van der Waals surface area contributed by atoms with Crippen molar-refractivity contribution in [2.75, 3.05) is 19.6 Å². The van der Waals surface area contributed by atoms with Gasteiger partial charge in [0.25, 0.3) is 0 Å². The second-order valence-electron chi connectivity index (χ2n) is 8.42. The first kappa shape index (κ1) is 22.3. The molecule has 1 fully saturated rings. The molecule has 160 valence electrons. The summed E-state index contributed by atoms with van der Waals surface area (Å²) in [6, 6.07) is 7.30. The molecule has 0 bridgehead atoms. The van der Waals surface area contributed by atoms with Crippen LogP contribution in [0.25, 0.3) is 0 Å². The summed E-state index contributed by atoms with van der Waals surface area (Å²) in [7, 11) is -4.27. The molecule has 0 aromatic carbocycles. The number of aryl methyl sites for hydroxylation is 2. The lowest BCUT2D eigenvalue weighted by atomic mass is 9.82. The van der Waals surface area contributed by atoms with Gasteiger partial charge in [0.15, 0.2) is 5.13 Å². The lowest BCUT2D eigenvalue weighted by Crippen LogP contribution is -2.44. The van der Waals surface area contributed by atoms with Gasteiger partial charge in [0, 0.05) is 35.4 Å². The first-order valence-electron chi connectivity index (χ1n) is 9.64. The van der Waals surface area contributed by atoms with Crippen LogP contribution in [0, 0.1) is 17.5 Å². The van der Waals surface area contributed by atoms with E-state index in [4.69, 9.17) is 0 Å². The summed E-state index contributed by atoms with van der Waals surface area (Å²) < 4.78 is 47.5. The maximum absolute atomic E-state index is 13.3. The van der Waals surface area contributed by atoms with Crippen molar-refractivity contribution in [1.29, 1.82) is 0 Å². The Labute approximate surface area is 176 Å². The highest BCUT2D eigenvalue weighted by Gasteiger charge is 2.43. The zero-order valence-corrected chi connectivity index (χ0v) is 18.6. The van der Waals surface area contributed by atoms with Crippen molar-refractivity contribution in [1.82, 2.24) is 14.6 Å². The fourth-order valence-electron chi connectivity index (χ4n) is 3.98. The highest BCUT2D eigenvalue weighted by atomic mass is 32.2. The molecular weight excluding hydrogens is 413 g/mol. The molecule has 1 saturated heterocycles. The van der Waals surface area contributed by atoms with E-state index in [-0.39, 0.29) is 22.6 Å².